The summed E-state index contributed by atoms with van der Waals surface area (Å²) < 4.78 is 0. The van der Waals surface area contributed by atoms with Gasteiger partial charge in [0.1, 0.15) is 17.2 Å². The Kier molecular flexibility index (Phi) is 4.93. The molecule has 2 aliphatic rings. The van der Waals surface area contributed by atoms with Gasteiger partial charge in [0.25, 0.3) is 0 Å². The van der Waals surface area contributed by atoms with E-state index in [9.17, 15) is 0 Å². The molecule has 0 spiro atoms. The van der Waals surface area contributed by atoms with Crippen LogP contribution in [0.3, 0.4) is 0 Å². The first-order valence-electron chi connectivity index (χ1n) is 7.87. The van der Waals surface area contributed by atoms with Crippen molar-refractivity contribution in [1.82, 2.24) is 19.8 Å². The van der Waals surface area contributed by atoms with Crippen molar-refractivity contribution in [2.75, 3.05) is 38.5 Å². The van der Waals surface area contributed by atoms with E-state index in [1.54, 1.807) is 12.5 Å². The molecule has 0 unspecified atom stereocenters. The van der Waals surface area contributed by atoms with Crippen LogP contribution >= 0.6 is 11.6 Å². The summed E-state index contributed by atoms with van der Waals surface area (Å²) in [6.07, 6.45) is 8.13. The number of anilines is 1. The summed E-state index contributed by atoms with van der Waals surface area (Å²) in [7, 11) is 2.22. The fourth-order valence-electron chi connectivity index (χ4n) is 3.38. The first-order chi connectivity index (χ1) is 10.2. The number of piperidine rings is 2. The molecule has 0 aliphatic carbocycles. The van der Waals surface area contributed by atoms with Crippen LogP contribution in [0.1, 0.15) is 25.7 Å². The minimum Gasteiger partial charge on any atom is -0.366 e. The van der Waals surface area contributed by atoms with Gasteiger partial charge in [-0.3, -0.25) is 0 Å². The van der Waals surface area contributed by atoms with Crippen LogP contribution in [0.5, 0.6) is 0 Å². The molecule has 1 aromatic heterocycles. The van der Waals surface area contributed by atoms with Crippen LogP contribution in [0.2, 0.25) is 5.02 Å². The van der Waals surface area contributed by atoms with Gasteiger partial charge in [-0.2, -0.15) is 0 Å². The lowest BCUT2D eigenvalue weighted by Crippen LogP contribution is -2.48. The molecule has 0 saturated carbocycles. The summed E-state index contributed by atoms with van der Waals surface area (Å²) in [5.74, 6) is 0.768. The van der Waals surface area contributed by atoms with Crippen molar-refractivity contribution in [2.45, 2.75) is 37.8 Å². The zero-order valence-corrected chi connectivity index (χ0v) is 13.4. The maximum Gasteiger partial charge on any atom is 0.148 e. The molecule has 6 heteroatoms. The molecule has 0 radical (unpaired) electrons. The number of halogens is 1. The lowest BCUT2D eigenvalue weighted by molar-refractivity contribution is 0.0993. The van der Waals surface area contributed by atoms with E-state index in [0.717, 1.165) is 24.7 Å². The Bertz CT molecular complexity index is 453. The summed E-state index contributed by atoms with van der Waals surface area (Å²) in [4.78, 5) is 13.2. The molecule has 2 saturated heterocycles. The van der Waals surface area contributed by atoms with Crippen molar-refractivity contribution in [1.29, 1.82) is 0 Å². The molecular weight excluding hydrogens is 286 g/mol. The van der Waals surface area contributed by atoms with Gasteiger partial charge in [-0.15, -0.1) is 0 Å². The first-order valence-corrected chi connectivity index (χ1v) is 8.25. The van der Waals surface area contributed by atoms with E-state index in [2.05, 4.69) is 32.1 Å². The van der Waals surface area contributed by atoms with Gasteiger partial charge in [0.2, 0.25) is 0 Å². The Hall–Kier alpha value is -0.910. The molecule has 0 atom stereocenters. The molecule has 0 aromatic carbocycles. The number of nitrogens with zero attached hydrogens (tertiary/aromatic N) is 4. The van der Waals surface area contributed by atoms with Gasteiger partial charge in [0, 0.05) is 25.2 Å². The second kappa shape index (κ2) is 6.90. The lowest BCUT2D eigenvalue weighted by atomic mass is 9.98. The van der Waals surface area contributed by atoms with Gasteiger partial charge >= 0.3 is 0 Å². The molecule has 0 bridgehead atoms. The monoisotopic (exact) mass is 309 g/mol. The Morgan fingerprint density at radius 2 is 1.86 bits per heavy atom. The van der Waals surface area contributed by atoms with Crippen LogP contribution in [0.4, 0.5) is 5.82 Å². The number of aromatic nitrogens is 2. The van der Waals surface area contributed by atoms with Gasteiger partial charge in [0.15, 0.2) is 0 Å². The summed E-state index contributed by atoms with van der Waals surface area (Å²) >= 11 is 6.10. The Morgan fingerprint density at radius 1 is 1.14 bits per heavy atom. The third-order valence-corrected chi connectivity index (χ3v) is 5.02. The molecule has 3 heterocycles. The van der Waals surface area contributed by atoms with Crippen molar-refractivity contribution in [2.24, 2.45) is 0 Å². The normalized spacial score (nSPS) is 23.3. The standard InChI is InChI=1S/C15H24ClN5/c1-20-6-4-13(5-7-20)21-8-2-12(3-9-21)19-15-14(16)10-17-11-18-15/h10-13H,2-9H2,1H3,(H,17,18,19). The number of hydrogen-bond acceptors (Lipinski definition) is 5. The predicted octanol–water partition coefficient (Wildman–Crippen LogP) is 2.10. The molecule has 116 valence electrons. The van der Waals surface area contributed by atoms with Crippen LogP contribution in [0, 0.1) is 0 Å². The maximum atomic E-state index is 6.10. The van der Waals surface area contributed by atoms with Crippen molar-refractivity contribution in [3.63, 3.8) is 0 Å². The Morgan fingerprint density at radius 3 is 2.52 bits per heavy atom. The van der Waals surface area contributed by atoms with Crippen molar-refractivity contribution in [3.8, 4) is 0 Å². The fraction of sp³-hybridized carbons (Fsp3) is 0.733. The minimum absolute atomic E-state index is 0.472. The number of hydrogen-bond donors (Lipinski definition) is 1. The molecule has 1 aromatic rings. The van der Waals surface area contributed by atoms with E-state index in [1.165, 1.54) is 39.0 Å². The zero-order chi connectivity index (χ0) is 14.7. The molecular formula is C15H24ClN5. The average Bonchev–Trinajstić information content (AvgIpc) is 2.51. The number of likely N-dealkylation sites (tertiary alicyclic amines) is 2. The third-order valence-electron chi connectivity index (χ3n) is 4.74. The molecule has 21 heavy (non-hydrogen) atoms. The average molecular weight is 310 g/mol. The second-order valence-corrected chi connectivity index (χ2v) is 6.62. The smallest absolute Gasteiger partial charge is 0.148 e. The van der Waals surface area contributed by atoms with E-state index >= 15 is 0 Å². The van der Waals surface area contributed by atoms with E-state index < -0.39 is 0 Å². The van der Waals surface area contributed by atoms with Gasteiger partial charge < -0.3 is 15.1 Å². The largest absolute Gasteiger partial charge is 0.366 e. The van der Waals surface area contributed by atoms with Crippen LogP contribution in [-0.4, -0.2) is 65.1 Å². The summed E-state index contributed by atoms with van der Waals surface area (Å²) in [5.41, 5.74) is 0. The topological polar surface area (TPSA) is 44.3 Å². The highest BCUT2D eigenvalue weighted by Crippen LogP contribution is 2.24. The zero-order valence-electron chi connectivity index (χ0n) is 12.6. The number of rotatable bonds is 3. The van der Waals surface area contributed by atoms with Crippen LogP contribution < -0.4 is 5.32 Å². The lowest BCUT2D eigenvalue weighted by Gasteiger charge is -2.41. The maximum absolute atomic E-state index is 6.10. The summed E-state index contributed by atoms with van der Waals surface area (Å²) in [6, 6.07) is 1.25. The van der Waals surface area contributed by atoms with E-state index in [1.807, 2.05) is 0 Å². The van der Waals surface area contributed by atoms with Gasteiger partial charge in [-0.05, 0) is 45.8 Å². The molecule has 3 rings (SSSR count). The summed E-state index contributed by atoms with van der Waals surface area (Å²) in [5, 5.41) is 4.07. The van der Waals surface area contributed by atoms with Gasteiger partial charge in [0.05, 0.1) is 6.20 Å². The molecule has 5 nitrogen and oxygen atoms in total. The van der Waals surface area contributed by atoms with Crippen molar-refractivity contribution < 1.29 is 0 Å². The molecule has 2 fully saturated rings. The van der Waals surface area contributed by atoms with E-state index in [0.29, 0.717) is 11.1 Å². The highest BCUT2D eigenvalue weighted by molar-refractivity contribution is 6.32. The van der Waals surface area contributed by atoms with E-state index in [4.69, 9.17) is 11.6 Å². The van der Waals surface area contributed by atoms with Gasteiger partial charge in [-0.1, -0.05) is 11.6 Å². The Labute approximate surface area is 131 Å². The number of nitrogens with one attached hydrogen (secondary N) is 1. The highest BCUT2D eigenvalue weighted by atomic mass is 35.5. The first kappa shape index (κ1) is 15.0. The van der Waals surface area contributed by atoms with Crippen LogP contribution in [0.15, 0.2) is 12.5 Å². The third kappa shape index (κ3) is 3.84. The van der Waals surface area contributed by atoms with E-state index in [-0.39, 0.29) is 0 Å². The van der Waals surface area contributed by atoms with Crippen molar-refractivity contribution >= 4 is 17.4 Å². The second-order valence-electron chi connectivity index (χ2n) is 6.21. The molecule has 0 amide bonds. The molecule has 1 N–H and O–H groups in total. The van der Waals surface area contributed by atoms with Crippen LogP contribution in [0.25, 0.3) is 0 Å². The van der Waals surface area contributed by atoms with Gasteiger partial charge in [-0.25, -0.2) is 9.97 Å². The van der Waals surface area contributed by atoms with Crippen LogP contribution in [-0.2, 0) is 0 Å². The fourth-order valence-corrected chi connectivity index (χ4v) is 3.54. The highest BCUT2D eigenvalue weighted by Gasteiger charge is 2.27. The minimum atomic E-state index is 0.472. The predicted molar refractivity (Wildman–Crippen MR) is 85.8 cm³/mol. The molecule has 2 aliphatic heterocycles. The quantitative estimate of drug-likeness (QED) is 0.926. The Balaban J connectivity index is 1.48. The SMILES string of the molecule is CN1CCC(N2CCC(Nc3ncncc3Cl)CC2)CC1. The van der Waals surface area contributed by atoms with Crippen molar-refractivity contribution in [3.05, 3.63) is 17.5 Å². The summed E-state index contributed by atoms with van der Waals surface area (Å²) in [6.45, 7) is 4.82.